The van der Waals surface area contributed by atoms with E-state index in [0.717, 1.165) is 0 Å². The number of anilines is 2. The van der Waals surface area contributed by atoms with E-state index in [1.807, 2.05) is 0 Å². The molecule has 4 unspecified atom stereocenters. The Hall–Kier alpha value is -3.41. The smallest absolute Gasteiger partial charge is 0.412 e. The number of thiocarbonyl (C=S) groups is 1. The van der Waals surface area contributed by atoms with E-state index in [9.17, 15) is 9.59 Å². The van der Waals surface area contributed by atoms with E-state index in [1.54, 1.807) is 56.7 Å². The summed E-state index contributed by atoms with van der Waals surface area (Å²) in [5.74, 6) is 1.21. The minimum atomic E-state index is -0.626. The molecular weight excluding hydrogens is 474 g/mol. The molecule has 2 aliphatic heterocycles. The van der Waals surface area contributed by atoms with Crippen molar-refractivity contribution in [3.05, 3.63) is 48.0 Å². The van der Waals surface area contributed by atoms with E-state index < -0.39 is 18.3 Å². The number of methoxy groups -OCH3 is 2. The third-order valence-corrected chi connectivity index (χ3v) is 5.95. The maximum atomic E-state index is 12.4. The van der Waals surface area contributed by atoms with Gasteiger partial charge in [0.15, 0.2) is 17.0 Å². The number of amides is 1. The average Bonchev–Trinajstić information content (AvgIpc) is 3.42. The van der Waals surface area contributed by atoms with Gasteiger partial charge in [-0.15, -0.1) is 0 Å². The van der Waals surface area contributed by atoms with Crippen LogP contribution < -0.4 is 25.4 Å². The van der Waals surface area contributed by atoms with Crippen molar-refractivity contribution in [1.82, 2.24) is 5.32 Å². The Bertz CT molecular complexity index is 1070. The van der Waals surface area contributed by atoms with Gasteiger partial charge in [-0.25, -0.2) is 4.79 Å². The Balaban J connectivity index is 1.28. The highest BCUT2D eigenvalue weighted by Crippen LogP contribution is 2.30. The maximum absolute atomic E-state index is 12.4. The Kier molecular flexibility index (Phi) is 7.69. The molecular formula is C24H27N3O7S. The number of benzene rings is 2. The molecule has 0 aromatic heterocycles. The second kappa shape index (κ2) is 10.9. The second-order valence-electron chi connectivity index (χ2n) is 8.10. The topological polar surface area (TPSA) is 116 Å². The van der Waals surface area contributed by atoms with Crippen LogP contribution >= 0.6 is 12.2 Å². The number of ketones is 1. The van der Waals surface area contributed by atoms with Crippen LogP contribution in [0.5, 0.6) is 11.5 Å². The molecule has 2 saturated heterocycles. The van der Waals surface area contributed by atoms with Gasteiger partial charge in [0.1, 0.15) is 23.7 Å². The molecule has 35 heavy (non-hydrogen) atoms. The summed E-state index contributed by atoms with van der Waals surface area (Å²) in [5, 5.41) is 9.36. The minimum absolute atomic E-state index is 0.0484. The lowest BCUT2D eigenvalue weighted by Gasteiger charge is -2.20. The van der Waals surface area contributed by atoms with Crippen LogP contribution in [0.2, 0.25) is 0 Å². The fourth-order valence-corrected chi connectivity index (χ4v) is 4.25. The zero-order valence-electron chi connectivity index (χ0n) is 19.5. The van der Waals surface area contributed by atoms with Gasteiger partial charge in [0.05, 0.1) is 33.5 Å². The average molecular weight is 502 g/mol. The normalized spacial score (nSPS) is 22.6. The molecule has 4 rings (SSSR count). The van der Waals surface area contributed by atoms with Crippen molar-refractivity contribution in [1.29, 1.82) is 0 Å². The Labute approximate surface area is 208 Å². The van der Waals surface area contributed by atoms with Crippen molar-refractivity contribution in [2.24, 2.45) is 0 Å². The first-order chi connectivity index (χ1) is 16.9. The summed E-state index contributed by atoms with van der Waals surface area (Å²) in [6.45, 7) is 2.03. The highest BCUT2D eigenvalue weighted by Gasteiger charge is 2.49. The quantitative estimate of drug-likeness (QED) is 0.386. The first-order valence-corrected chi connectivity index (χ1v) is 11.4. The van der Waals surface area contributed by atoms with Crippen molar-refractivity contribution >= 4 is 40.6 Å². The Morgan fingerprint density at radius 2 is 1.57 bits per heavy atom. The monoisotopic (exact) mass is 501 g/mol. The van der Waals surface area contributed by atoms with Crippen molar-refractivity contribution in [2.45, 2.75) is 31.3 Å². The summed E-state index contributed by atoms with van der Waals surface area (Å²) >= 11 is 5.46. The largest absolute Gasteiger partial charge is 0.497 e. The molecule has 0 radical (unpaired) electrons. The predicted molar refractivity (Wildman–Crippen MR) is 133 cm³/mol. The SMILES string of the molecule is COc1cc(NC(=S)NC2COC3C(OC(=O)Nc4ccc(C(C)=O)cc4)COC23)cc(OC)c1. The number of hydrogen-bond donors (Lipinski definition) is 3. The lowest BCUT2D eigenvalue weighted by molar-refractivity contribution is 0.00880. The van der Waals surface area contributed by atoms with Gasteiger partial charge in [0.2, 0.25) is 0 Å². The number of ether oxygens (including phenoxy) is 5. The highest BCUT2D eigenvalue weighted by molar-refractivity contribution is 7.80. The summed E-state index contributed by atoms with van der Waals surface area (Å²) in [4.78, 5) is 23.7. The summed E-state index contributed by atoms with van der Waals surface area (Å²) in [7, 11) is 3.15. The Morgan fingerprint density at radius 3 is 2.20 bits per heavy atom. The van der Waals surface area contributed by atoms with Gasteiger partial charge < -0.3 is 34.3 Å². The number of nitrogens with one attached hydrogen (secondary N) is 3. The van der Waals surface area contributed by atoms with Crippen molar-refractivity contribution in [3.63, 3.8) is 0 Å². The minimum Gasteiger partial charge on any atom is -0.497 e. The van der Waals surface area contributed by atoms with Crippen LogP contribution in [0.25, 0.3) is 0 Å². The first kappa shape index (κ1) is 24.7. The van der Waals surface area contributed by atoms with E-state index in [0.29, 0.717) is 40.2 Å². The summed E-state index contributed by atoms with van der Waals surface area (Å²) in [6, 6.07) is 11.7. The highest BCUT2D eigenvalue weighted by atomic mass is 32.1. The lowest BCUT2D eigenvalue weighted by atomic mass is 10.1. The Morgan fingerprint density at radius 1 is 0.914 bits per heavy atom. The van der Waals surface area contributed by atoms with Gasteiger partial charge in [-0.05, 0) is 43.4 Å². The fraction of sp³-hybridized carbons (Fsp3) is 0.375. The molecule has 10 nitrogen and oxygen atoms in total. The standard InChI is InChI=1S/C24H27N3O7S/c1-13(28)14-4-6-15(7-5-14)26-24(29)34-20-12-33-21-19(11-32-22(20)21)27-23(35)25-16-8-17(30-2)10-18(9-16)31-3/h4-10,19-22H,11-12H2,1-3H3,(H,26,29)(H2,25,27,35). The van der Waals surface area contributed by atoms with Crippen LogP contribution in [-0.2, 0) is 14.2 Å². The molecule has 0 spiro atoms. The molecule has 0 saturated carbocycles. The summed E-state index contributed by atoms with van der Waals surface area (Å²) < 4.78 is 27.8. The fourth-order valence-electron chi connectivity index (χ4n) is 3.98. The molecule has 186 valence electrons. The van der Waals surface area contributed by atoms with Crippen LogP contribution in [0.3, 0.4) is 0 Å². The predicted octanol–water partition coefficient (Wildman–Crippen LogP) is 2.98. The third kappa shape index (κ3) is 5.99. The van der Waals surface area contributed by atoms with Crippen LogP contribution in [0, 0.1) is 0 Å². The molecule has 0 aliphatic carbocycles. The molecule has 4 atom stereocenters. The zero-order valence-corrected chi connectivity index (χ0v) is 20.3. The van der Waals surface area contributed by atoms with E-state index in [1.165, 1.54) is 6.92 Å². The van der Waals surface area contributed by atoms with Gasteiger partial charge in [-0.2, -0.15) is 0 Å². The van der Waals surface area contributed by atoms with Crippen LogP contribution in [0.1, 0.15) is 17.3 Å². The van der Waals surface area contributed by atoms with Gasteiger partial charge >= 0.3 is 6.09 Å². The number of hydrogen-bond acceptors (Lipinski definition) is 8. The lowest BCUT2D eigenvalue weighted by Crippen LogP contribution is -2.46. The molecule has 1 amide bonds. The molecule has 2 aromatic carbocycles. The molecule has 11 heteroatoms. The molecule has 3 N–H and O–H groups in total. The molecule has 2 heterocycles. The van der Waals surface area contributed by atoms with Crippen molar-refractivity contribution in [3.8, 4) is 11.5 Å². The van der Waals surface area contributed by atoms with Crippen LogP contribution in [-0.4, -0.2) is 68.8 Å². The molecule has 2 aromatic rings. The van der Waals surface area contributed by atoms with Crippen molar-refractivity contribution < 1.29 is 33.3 Å². The third-order valence-electron chi connectivity index (χ3n) is 5.73. The molecule has 2 aliphatic rings. The van der Waals surface area contributed by atoms with E-state index in [2.05, 4.69) is 16.0 Å². The van der Waals surface area contributed by atoms with E-state index in [-0.39, 0.29) is 24.5 Å². The number of carbonyl (C=O) groups excluding carboxylic acids is 2. The maximum Gasteiger partial charge on any atom is 0.412 e. The number of Topliss-reactive ketones (excluding diaryl/α,β-unsaturated/α-hetero) is 1. The van der Waals surface area contributed by atoms with Gasteiger partial charge in [-0.3, -0.25) is 10.1 Å². The van der Waals surface area contributed by atoms with Gasteiger partial charge in [0, 0.05) is 35.1 Å². The van der Waals surface area contributed by atoms with Crippen LogP contribution in [0.4, 0.5) is 16.2 Å². The molecule has 2 fully saturated rings. The molecule has 0 bridgehead atoms. The first-order valence-electron chi connectivity index (χ1n) is 11.0. The second-order valence-corrected chi connectivity index (χ2v) is 8.51. The van der Waals surface area contributed by atoms with E-state index >= 15 is 0 Å². The van der Waals surface area contributed by atoms with Crippen molar-refractivity contribution in [2.75, 3.05) is 38.1 Å². The number of fused-ring (bicyclic) bond motifs is 1. The van der Waals surface area contributed by atoms with E-state index in [4.69, 9.17) is 35.9 Å². The summed E-state index contributed by atoms with van der Waals surface area (Å²) in [5.41, 5.74) is 1.79. The van der Waals surface area contributed by atoms with Crippen LogP contribution in [0.15, 0.2) is 42.5 Å². The van der Waals surface area contributed by atoms with Gasteiger partial charge in [-0.1, -0.05) is 0 Å². The summed E-state index contributed by atoms with van der Waals surface area (Å²) in [6.07, 6.45) is -1.94. The zero-order chi connectivity index (χ0) is 24.9. The number of carbonyl (C=O) groups is 2. The van der Waals surface area contributed by atoms with Gasteiger partial charge in [0.25, 0.3) is 0 Å². The number of rotatable bonds is 7.